The smallest absolute Gasteiger partial charge is 0.242 e. The van der Waals surface area contributed by atoms with E-state index in [0.717, 1.165) is 9.87 Å². The largest absolute Gasteiger partial charge is 0.395 e. The summed E-state index contributed by atoms with van der Waals surface area (Å²) in [6, 6.07) is 16.3. The summed E-state index contributed by atoms with van der Waals surface area (Å²) in [5.74, 6) is 0. The van der Waals surface area contributed by atoms with Gasteiger partial charge in [-0.3, -0.25) is 0 Å². The van der Waals surface area contributed by atoms with Gasteiger partial charge < -0.3 is 15.3 Å². The van der Waals surface area contributed by atoms with Gasteiger partial charge in [0.1, 0.15) is 0 Å². The Kier molecular flexibility index (Phi) is 7.10. The van der Waals surface area contributed by atoms with Crippen LogP contribution in [0.25, 0.3) is 0 Å². The molecule has 0 radical (unpaired) electrons. The zero-order valence-corrected chi connectivity index (χ0v) is 16.4. The normalized spacial score (nSPS) is 11.4. The van der Waals surface area contributed by atoms with Gasteiger partial charge in [-0.05, 0) is 36.0 Å². The van der Waals surface area contributed by atoms with Gasteiger partial charge in [0.25, 0.3) is 0 Å². The highest BCUT2D eigenvalue weighted by Crippen LogP contribution is 2.18. The molecule has 0 amide bonds. The van der Waals surface area contributed by atoms with Crippen LogP contribution in [0.3, 0.4) is 0 Å². The van der Waals surface area contributed by atoms with Crippen LogP contribution in [-0.4, -0.2) is 55.1 Å². The number of nitrogens with one attached hydrogen (secondary N) is 1. The summed E-state index contributed by atoms with van der Waals surface area (Å²) >= 11 is 5.45. The van der Waals surface area contributed by atoms with Gasteiger partial charge in [-0.1, -0.05) is 36.4 Å². The van der Waals surface area contributed by atoms with Crippen LogP contribution in [0.15, 0.2) is 59.5 Å². The standard InChI is InChI=1S/C18H23N3O3S2/c1-20(2)26(23,24)17-10-6-9-16(13-17)19-18(25)21(11-12-22)14-15-7-4-3-5-8-15/h3-10,13,22H,11-12,14H2,1-2H3,(H,19,25). The maximum absolute atomic E-state index is 12.3. The molecule has 0 bridgehead atoms. The summed E-state index contributed by atoms with van der Waals surface area (Å²) in [5, 5.41) is 12.8. The Morgan fingerprint density at radius 2 is 1.81 bits per heavy atom. The molecule has 0 aliphatic carbocycles. The van der Waals surface area contributed by atoms with Crippen molar-refractivity contribution in [1.82, 2.24) is 9.21 Å². The van der Waals surface area contributed by atoms with E-state index >= 15 is 0 Å². The molecule has 0 unspecified atom stereocenters. The van der Waals surface area contributed by atoms with Crippen LogP contribution in [-0.2, 0) is 16.6 Å². The van der Waals surface area contributed by atoms with E-state index in [2.05, 4.69) is 5.32 Å². The zero-order valence-electron chi connectivity index (χ0n) is 14.8. The molecule has 8 heteroatoms. The minimum absolute atomic E-state index is 0.0380. The minimum Gasteiger partial charge on any atom is -0.395 e. The predicted molar refractivity (Wildman–Crippen MR) is 107 cm³/mol. The van der Waals surface area contributed by atoms with Gasteiger partial charge in [0.2, 0.25) is 10.0 Å². The second kappa shape index (κ2) is 9.09. The summed E-state index contributed by atoms with van der Waals surface area (Å²) in [6.07, 6.45) is 0. The van der Waals surface area contributed by atoms with E-state index < -0.39 is 10.0 Å². The summed E-state index contributed by atoms with van der Waals surface area (Å²) in [5.41, 5.74) is 1.64. The Morgan fingerprint density at radius 1 is 1.12 bits per heavy atom. The van der Waals surface area contributed by atoms with Crippen LogP contribution in [0.1, 0.15) is 5.56 Å². The van der Waals surface area contributed by atoms with Gasteiger partial charge in [0, 0.05) is 32.9 Å². The summed E-state index contributed by atoms with van der Waals surface area (Å²) in [6.45, 7) is 0.878. The quantitative estimate of drug-likeness (QED) is 0.702. The lowest BCUT2D eigenvalue weighted by Crippen LogP contribution is -2.36. The highest BCUT2D eigenvalue weighted by Gasteiger charge is 2.18. The first-order valence-electron chi connectivity index (χ1n) is 8.08. The van der Waals surface area contributed by atoms with Gasteiger partial charge in [0.05, 0.1) is 11.5 Å². The van der Waals surface area contributed by atoms with E-state index in [-0.39, 0.29) is 11.5 Å². The van der Waals surface area contributed by atoms with Crippen molar-refractivity contribution in [2.24, 2.45) is 0 Å². The van der Waals surface area contributed by atoms with Crippen molar-refractivity contribution in [3.8, 4) is 0 Å². The molecule has 0 atom stereocenters. The Morgan fingerprint density at radius 3 is 2.42 bits per heavy atom. The Balaban J connectivity index is 2.16. The Hall–Kier alpha value is -2.00. The second-order valence-corrected chi connectivity index (χ2v) is 8.41. The maximum Gasteiger partial charge on any atom is 0.242 e. The fraction of sp³-hybridized carbons (Fsp3) is 0.278. The number of aliphatic hydroxyl groups is 1. The third-order valence-corrected chi connectivity index (χ3v) is 5.91. The number of nitrogens with zero attached hydrogens (tertiary/aromatic N) is 2. The Labute approximate surface area is 160 Å². The average molecular weight is 394 g/mol. The Bertz CT molecular complexity index is 840. The third-order valence-electron chi connectivity index (χ3n) is 3.74. The molecule has 0 heterocycles. The lowest BCUT2D eigenvalue weighted by atomic mass is 10.2. The molecule has 0 spiro atoms. The van der Waals surface area contributed by atoms with Gasteiger partial charge in [-0.25, -0.2) is 12.7 Å². The molecule has 0 aromatic heterocycles. The van der Waals surface area contributed by atoms with Gasteiger partial charge in [-0.2, -0.15) is 0 Å². The van der Waals surface area contributed by atoms with Crippen molar-refractivity contribution in [2.45, 2.75) is 11.4 Å². The van der Waals surface area contributed by atoms with Crippen LogP contribution in [0.2, 0.25) is 0 Å². The number of aliphatic hydroxyl groups excluding tert-OH is 1. The van der Waals surface area contributed by atoms with Gasteiger partial charge >= 0.3 is 0 Å². The summed E-state index contributed by atoms with van der Waals surface area (Å²) in [7, 11) is -0.540. The minimum atomic E-state index is -3.52. The van der Waals surface area contributed by atoms with Gasteiger partial charge in [-0.15, -0.1) is 0 Å². The molecular formula is C18H23N3O3S2. The first-order chi connectivity index (χ1) is 12.3. The topological polar surface area (TPSA) is 72.9 Å². The molecule has 2 N–H and O–H groups in total. The number of rotatable bonds is 7. The number of benzene rings is 2. The molecule has 2 aromatic rings. The first kappa shape index (κ1) is 20.3. The molecular weight excluding hydrogens is 370 g/mol. The van der Waals surface area contributed by atoms with E-state index in [1.165, 1.54) is 14.1 Å². The molecule has 0 aliphatic heterocycles. The molecule has 2 rings (SSSR count). The van der Waals surface area contributed by atoms with Crippen molar-refractivity contribution < 1.29 is 13.5 Å². The number of thiocarbonyl (C=S) groups is 1. The van der Waals surface area contributed by atoms with Crippen LogP contribution >= 0.6 is 12.2 Å². The van der Waals surface area contributed by atoms with Crippen molar-refractivity contribution in [3.63, 3.8) is 0 Å². The molecule has 0 saturated carbocycles. The van der Waals surface area contributed by atoms with E-state index in [9.17, 15) is 13.5 Å². The average Bonchev–Trinajstić information content (AvgIpc) is 2.62. The van der Waals surface area contributed by atoms with E-state index in [1.807, 2.05) is 35.2 Å². The second-order valence-electron chi connectivity index (χ2n) is 5.88. The molecule has 2 aromatic carbocycles. The van der Waals surface area contributed by atoms with Crippen molar-refractivity contribution in [2.75, 3.05) is 32.6 Å². The van der Waals surface area contributed by atoms with Crippen molar-refractivity contribution >= 4 is 33.0 Å². The molecule has 0 aliphatic rings. The van der Waals surface area contributed by atoms with Crippen molar-refractivity contribution in [1.29, 1.82) is 0 Å². The molecule has 140 valence electrons. The highest BCUT2D eigenvalue weighted by atomic mass is 32.2. The number of anilines is 1. The van der Waals surface area contributed by atoms with Crippen molar-refractivity contribution in [3.05, 3.63) is 60.2 Å². The lowest BCUT2D eigenvalue weighted by molar-refractivity contribution is 0.248. The predicted octanol–water partition coefficient (Wildman–Crippen LogP) is 2.13. The lowest BCUT2D eigenvalue weighted by Gasteiger charge is -2.25. The van der Waals surface area contributed by atoms with E-state index in [1.54, 1.807) is 24.3 Å². The molecule has 6 nitrogen and oxygen atoms in total. The first-order valence-corrected chi connectivity index (χ1v) is 9.92. The monoisotopic (exact) mass is 393 g/mol. The number of hydrogen-bond donors (Lipinski definition) is 2. The van der Waals surface area contributed by atoms with Crippen LogP contribution < -0.4 is 5.32 Å². The van der Waals surface area contributed by atoms with Crippen LogP contribution in [0, 0.1) is 0 Å². The van der Waals surface area contributed by atoms with Crippen LogP contribution in [0.4, 0.5) is 5.69 Å². The maximum atomic E-state index is 12.3. The fourth-order valence-electron chi connectivity index (χ4n) is 2.32. The SMILES string of the molecule is CN(C)S(=O)(=O)c1cccc(NC(=S)N(CCO)Cc2ccccc2)c1. The summed E-state index contributed by atoms with van der Waals surface area (Å²) < 4.78 is 25.7. The third kappa shape index (κ3) is 5.25. The van der Waals surface area contributed by atoms with Crippen LogP contribution in [0.5, 0.6) is 0 Å². The summed E-state index contributed by atoms with van der Waals surface area (Å²) in [4.78, 5) is 2.02. The highest BCUT2D eigenvalue weighted by molar-refractivity contribution is 7.89. The number of sulfonamides is 1. The molecule has 26 heavy (non-hydrogen) atoms. The van der Waals surface area contributed by atoms with E-state index in [4.69, 9.17) is 12.2 Å². The van der Waals surface area contributed by atoms with Gasteiger partial charge in [0.15, 0.2) is 5.11 Å². The number of hydrogen-bond acceptors (Lipinski definition) is 4. The van der Waals surface area contributed by atoms with E-state index in [0.29, 0.717) is 23.9 Å². The fourth-order valence-corrected chi connectivity index (χ4v) is 3.55. The zero-order chi connectivity index (χ0) is 19.2. The molecule has 0 fully saturated rings. The molecule has 0 saturated heterocycles.